The van der Waals surface area contributed by atoms with E-state index in [-0.39, 0.29) is 23.6 Å². The molecule has 1 amide bonds. The summed E-state index contributed by atoms with van der Waals surface area (Å²) in [7, 11) is 0. The van der Waals surface area contributed by atoms with Gasteiger partial charge in [0.2, 0.25) is 5.78 Å². The standard InChI is InChI=1S/C24H23N3O5/c1-4-12-26-16(2)13-22(17(26)3)23(28)15-32-21-10-8-19(9-11-21)25-24(29)18-6-5-7-20(14-18)27(30)31/h4-11,13-14H,1,12,15H2,2-3H3,(H,25,29). The van der Waals surface area contributed by atoms with Gasteiger partial charge in [-0.15, -0.1) is 6.58 Å². The molecule has 0 spiro atoms. The van der Waals surface area contributed by atoms with Gasteiger partial charge in [0.05, 0.1) is 4.92 Å². The molecular formula is C24H23N3O5. The summed E-state index contributed by atoms with van der Waals surface area (Å²) in [6, 6.07) is 13.9. The van der Waals surface area contributed by atoms with Gasteiger partial charge in [-0.1, -0.05) is 12.1 Å². The summed E-state index contributed by atoms with van der Waals surface area (Å²) in [6.07, 6.45) is 1.78. The second-order valence-electron chi connectivity index (χ2n) is 7.18. The Morgan fingerprint density at radius 3 is 2.53 bits per heavy atom. The number of benzene rings is 2. The number of nitrogens with zero attached hydrogens (tertiary/aromatic N) is 2. The first kappa shape index (κ1) is 22.5. The number of nitro benzene ring substituents is 1. The van der Waals surface area contributed by atoms with Crippen LogP contribution in [0, 0.1) is 24.0 Å². The zero-order valence-electron chi connectivity index (χ0n) is 17.8. The van der Waals surface area contributed by atoms with Gasteiger partial charge in [-0.3, -0.25) is 19.7 Å². The van der Waals surface area contributed by atoms with Gasteiger partial charge in [-0.05, 0) is 50.2 Å². The van der Waals surface area contributed by atoms with E-state index in [0.717, 1.165) is 11.4 Å². The molecule has 0 saturated heterocycles. The molecule has 0 radical (unpaired) electrons. The number of carbonyl (C=O) groups excluding carboxylic acids is 2. The topological polar surface area (TPSA) is 103 Å². The summed E-state index contributed by atoms with van der Waals surface area (Å²) in [5.74, 6) is -0.115. The van der Waals surface area contributed by atoms with Crippen LogP contribution in [0.5, 0.6) is 5.75 Å². The number of non-ortho nitro benzene ring substituents is 1. The van der Waals surface area contributed by atoms with E-state index in [9.17, 15) is 19.7 Å². The van der Waals surface area contributed by atoms with Gasteiger partial charge in [0.1, 0.15) is 5.75 Å². The molecule has 8 nitrogen and oxygen atoms in total. The highest BCUT2D eigenvalue weighted by molar-refractivity contribution is 6.04. The minimum absolute atomic E-state index is 0.113. The zero-order chi connectivity index (χ0) is 23.3. The van der Waals surface area contributed by atoms with Crippen LogP contribution in [0.3, 0.4) is 0 Å². The number of aryl methyl sites for hydroxylation is 1. The van der Waals surface area contributed by atoms with Crippen LogP contribution in [0.15, 0.2) is 67.3 Å². The van der Waals surface area contributed by atoms with E-state index < -0.39 is 10.8 Å². The number of anilines is 1. The van der Waals surface area contributed by atoms with Crippen LogP contribution >= 0.6 is 0 Å². The zero-order valence-corrected chi connectivity index (χ0v) is 17.8. The molecule has 2 aromatic carbocycles. The molecular weight excluding hydrogens is 410 g/mol. The maximum absolute atomic E-state index is 12.6. The Labute approximate surface area is 185 Å². The van der Waals surface area contributed by atoms with Crippen molar-refractivity contribution < 1.29 is 19.2 Å². The second kappa shape index (κ2) is 9.74. The molecule has 0 bridgehead atoms. The predicted octanol–water partition coefficient (Wildman–Crippen LogP) is 4.71. The number of amides is 1. The van der Waals surface area contributed by atoms with Crippen LogP contribution in [-0.4, -0.2) is 27.8 Å². The summed E-state index contributed by atoms with van der Waals surface area (Å²) >= 11 is 0. The third-order valence-electron chi connectivity index (χ3n) is 4.99. The van der Waals surface area contributed by atoms with Gasteiger partial charge in [0, 0.05) is 46.9 Å². The molecule has 1 N–H and O–H groups in total. The Morgan fingerprint density at radius 2 is 1.88 bits per heavy atom. The first-order valence-electron chi connectivity index (χ1n) is 9.89. The molecule has 0 aliphatic rings. The molecule has 0 unspecified atom stereocenters. The van der Waals surface area contributed by atoms with Crippen molar-refractivity contribution in [3.05, 3.63) is 99.9 Å². The number of nitro groups is 1. The number of carbonyl (C=O) groups is 2. The summed E-state index contributed by atoms with van der Waals surface area (Å²) in [5, 5.41) is 13.5. The number of hydrogen-bond acceptors (Lipinski definition) is 5. The molecule has 32 heavy (non-hydrogen) atoms. The van der Waals surface area contributed by atoms with Crippen LogP contribution in [0.2, 0.25) is 0 Å². The molecule has 0 saturated carbocycles. The van der Waals surface area contributed by atoms with Crippen LogP contribution < -0.4 is 10.1 Å². The number of nitrogens with one attached hydrogen (secondary N) is 1. The first-order chi connectivity index (χ1) is 15.3. The summed E-state index contributed by atoms with van der Waals surface area (Å²) < 4.78 is 7.62. The Balaban J connectivity index is 1.60. The lowest BCUT2D eigenvalue weighted by Crippen LogP contribution is -2.13. The third kappa shape index (κ3) is 5.10. The number of aromatic nitrogens is 1. The SMILES string of the molecule is C=CCn1c(C)cc(C(=O)COc2ccc(NC(=O)c3cccc([N+](=O)[O-])c3)cc2)c1C. The average molecular weight is 433 g/mol. The minimum Gasteiger partial charge on any atom is -0.485 e. The first-order valence-corrected chi connectivity index (χ1v) is 9.89. The van der Waals surface area contributed by atoms with E-state index >= 15 is 0 Å². The van der Waals surface area contributed by atoms with Crippen molar-refractivity contribution in [3.63, 3.8) is 0 Å². The molecule has 1 aromatic heterocycles. The summed E-state index contributed by atoms with van der Waals surface area (Å²) in [4.78, 5) is 35.2. The van der Waals surface area contributed by atoms with Gasteiger partial charge in [0.25, 0.3) is 11.6 Å². The van der Waals surface area contributed by atoms with Crippen molar-refractivity contribution in [2.24, 2.45) is 0 Å². The maximum Gasteiger partial charge on any atom is 0.270 e. The summed E-state index contributed by atoms with van der Waals surface area (Å²) in [6.45, 7) is 8.09. The van der Waals surface area contributed by atoms with E-state index in [2.05, 4.69) is 11.9 Å². The van der Waals surface area contributed by atoms with Crippen LogP contribution in [-0.2, 0) is 6.54 Å². The molecule has 3 rings (SSSR count). The molecule has 0 fully saturated rings. The normalized spacial score (nSPS) is 10.4. The van der Waals surface area contributed by atoms with E-state index in [4.69, 9.17) is 4.74 Å². The van der Waals surface area contributed by atoms with E-state index in [1.807, 2.05) is 24.5 Å². The van der Waals surface area contributed by atoms with Gasteiger partial charge in [-0.2, -0.15) is 0 Å². The maximum atomic E-state index is 12.6. The van der Waals surface area contributed by atoms with E-state index in [0.29, 0.717) is 23.5 Å². The smallest absolute Gasteiger partial charge is 0.270 e. The number of ketones is 1. The van der Waals surface area contributed by atoms with Crippen LogP contribution in [0.1, 0.15) is 32.1 Å². The van der Waals surface area contributed by atoms with Crippen molar-refractivity contribution >= 4 is 23.1 Å². The fourth-order valence-electron chi connectivity index (χ4n) is 3.32. The highest BCUT2D eigenvalue weighted by Crippen LogP contribution is 2.20. The summed E-state index contributed by atoms with van der Waals surface area (Å²) in [5.41, 5.74) is 2.98. The second-order valence-corrected chi connectivity index (χ2v) is 7.18. The van der Waals surface area contributed by atoms with Crippen LogP contribution in [0.25, 0.3) is 0 Å². The monoisotopic (exact) mass is 433 g/mol. The number of allylic oxidation sites excluding steroid dienone is 1. The fraction of sp³-hybridized carbons (Fsp3) is 0.167. The lowest BCUT2D eigenvalue weighted by molar-refractivity contribution is -0.384. The average Bonchev–Trinajstić information content (AvgIpc) is 3.07. The number of Topliss-reactive ketones (excluding diaryl/α,β-unsaturated/α-hetero) is 1. The lowest BCUT2D eigenvalue weighted by Gasteiger charge is -2.09. The highest BCUT2D eigenvalue weighted by atomic mass is 16.6. The largest absolute Gasteiger partial charge is 0.485 e. The lowest BCUT2D eigenvalue weighted by atomic mass is 10.1. The van der Waals surface area contributed by atoms with Gasteiger partial charge >= 0.3 is 0 Å². The van der Waals surface area contributed by atoms with Crippen molar-refractivity contribution in [1.29, 1.82) is 0 Å². The van der Waals surface area contributed by atoms with Gasteiger partial charge in [0.15, 0.2) is 6.61 Å². The Bertz CT molecular complexity index is 1180. The van der Waals surface area contributed by atoms with E-state index in [1.165, 1.54) is 24.3 Å². The van der Waals surface area contributed by atoms with Crippen LogP contribution in [0.4, 0.5) is 11.4 Å². The molecule has 164 valence electrons. The molecule has 3 aromatic rings. The number of hydrogen-bond donors (Lipinski definition) is 1. The minimum atomic E-state index is -0.554. The Hall–Kier alpha value is -4.20. The van der Waals surface area contributed by atoms with Crippen molar-refractivity contribution in [1.82, 2.24) is 4.57 Å². The predicted molar refractivity (Wildman–Crippen MR) is 121 cm³/mol. The Kier molecular flexibility index (Phi) is 6.84. The third-order valence-corrected chi connectivity index (χ3v) is 4.99. The van der Waals surface area contributed by atoms with Crippen molar-refractivity contribution in [3.8, 4) is 5.75 Å². The molecule has 8 heteroatoms. The molecule has 0 aliphatic heterocycles. The number of ether oxygens (including phenoxy) is 1. The van der Waals surface area contributed by atoms with Gasteiger partial charge in [-0.25, -0.2) is 0 Å². The molecule has 1 heterocycles. The quantitative estimate of drug-likeness (QED) is 0.228. The van der Waals surface area contributed by atoms with Gasteiger partial charge < -0.3 is 14.6 Å². The highest BCUT2D eigenvalue weighted by Gasteiger charge is 2.16. The number of rotatable bonds is 9. The fourth-order valence-corrected chi connectivity index (χ4v) is 3.32. The molecule has 0 atom stereocenters. The van der Waals surface area contributed by atoms with Crippen molar-refractivity contribution in [2.45, 2.75) is 20.4 Å². The Morgan fingerprint density at radius 1 is 1.16 bits per heavy atom. The van der Waals surface area contributed by atoms with E-state index in [1.54, 1.807) is 30.3 Å². The van der Waals surface area contributed by atoms with Crippen molar-refractivity contribution in [2.75, 3.05) is 11.9 Å². The molecule has 0 aliphatic carbocycles.